The Hall–Kier alpha value is -0.0400. The van der Waals surface area contributed by atoms with Crippen LogP contribution in [0.5, 0.6) is 0 Å². The van der Waals surface area contributed by atoms with Crippen molar-refractivity contribution in [1.82, 2.24) is 5.32 Å². The molecule has 0 radical (unpaired) electrons. The Kier molecular flexibility index (Phi) is 5.34. The normalized spacial score (nSPS) is 37.3. The van der Waals surface area contributed by atoms with Gasteiger partial charge >= 0.3 is 0 Å². The smallest absolute Gasteiger partial charge is 0.00673 e. The van der Waals surface area contributed by atoms with Crippen molar-refractivity contribution < 1.29 is 0 Å². The van der Waals surface area contributed by atoms with E-state index in [0.717, 1.165) is 23.8 Å². The van der Waals surface area contributed by atoms with Crippen molar-refractivity contribution in [3.8, 4) is 0 Å². The number of hydrogen-bond donors (Lipinski definition) is 1. The molecule has 0 saturated heterocycles. The lowest BCUT2D eigenvalue weighted by atomic mass is 9.71. The molecule has 2 aliphatic rings. The van der Waals surface area contributed by atoms with Gasteiger partial charge in [0.1, 0.15) is 0 Å². The highest BCUT2D eigenvalue weighted by atomic mass is 14.9. The summed E-state index contributed by atoms with van der Waals surface area (Å²) in [6, 6.07) is 0.816. The van der Waals surface area contributed by atoms with E-state index in [1.54, 1.807) is 0 Å². The van der Waals surface area contributed by atoms with Crippen molar-refractivity contribution in [2.75, 3.05) is 6.54 Å². The molecule has 1 heteroatoms. The second-order valence-corrected chi connectivity index (χ2v) is 8.46. The summed E-state index contributed by atoms with van der Waals surface area (Å²) in [7, 11) is 0. The van der Waals surface area contributed by atoms with Gasteiger partial charge in [-0.1, -0.05) is 40.5 Å². The zero-order chi connectivity index (χ0) is 13.9. The van der Waals surface area contributed by atoms with Crippen molar-refractivity contribution in [1.29, 1.82) is 0 Å². The molecule has 2 aliphatic carbocycles. The van der Waals surface area contributed by atoms with E-state index in [9.17, 15) is 0 Å². The number of nitrogens with one attached hydrogen (secondary N) is 1. The fourth-order valence-electron chi connectivity index (χ4n) is 4.24. The fourth-order valence-corrected chi connectivity index (χ4v) is 4.24. The van der Waals surface area contributed by atoms with E-state index in [0.29, 0.717) is 5.41 Å². The van der Waals surface area contributed by atoms with Crippen LogP contribution in [-0.4, -0.2) is 12.6 Å². The second kappa shape index (κ2) is 6.61. The topological polar surface area (TPSA) is 12.0 Å². The molecule has 0 aromatic carbocycles. The van der Waals surface area contributed by atoms with Gasteiger partial charge in [0.15, 0.2) is 0 Å². The zero-order valence-electron chi connectivity index (χ0n) is 13.7. The van der Waals surface area contributed by atoms with Crippen molar-refractivity contribution in [2.45, 2.75) is 85.1 Å². The summed E-state index contributed by atoms with van der Waals surface area (Å²) in [4.78, 5) is 0. The van der Waals surface area contributed by atoms with Crippen LogP contribution < -0.4 is 5.32 Å². The van der Waals surface area contributed by atoms with Gasteiger partial charge in [0.2, 0.25) is 0 Å². The molecule has 0 aromatic rings. The van der Waals surface area contributed by atoms with Crippen LogP contribution in [0.4, 0.5) is 0 Å². The van der Waals surface area contributed by atoms with Crippen LogP contribution in [0.2, 0.25) is 0 Å². The van der Waals surface area contributed by atoms with E-state index < -0.39 is 0 Å². The minimum absolute atomic E-state index is 0.518. The summed E-state index contributed by atoms with van der Waals surface area (Å²) in [6.07, 6.45) is 11.5. The monoisotopic (exact) mass is 265 g/mol. The van der Waals surface area contributed by atoms with E-state index in [4.69, 9.17) is 0 Å². The highest BCUT2D eigenvalue weighted by Crippen LogP contribution is 2.38. The standard InChI is InChI=1S/C18H35N/c1-14-6-5-7-15(12-14)13-19-17-10-8-16(9-11-17)18(2,3)4/h14-17,19H,5-13H2,1-4H3. The third kappa shape index (κ3) is 4.77. The van der Waals surface area contributed by atoms with Crippen LogP contribution in [0.25, 0.3) is 0 Å². The molecule has 1 N–H and O–H groups in total. The highest BCUT2D eigenvalue weighted by molar-refractivity contribution is 4.84. The maximum absolute atomic E-state index is 3.88. The first-order valence-corrected chi connectivity index (χ1v) is 8.68. The first-order chi connectivity index (χ1) is 8.95. The summed E-state index contributed by atoms with van der Waals surface area (Å²) in [5.41, 5.74) is 0.518. The maximum Gasteiger partial charge on any atom is 0.00673 e. The Morgan fingerprint density at radius 3 is 2.21 bits per heavy atom. The second-order valence-electron chi connectivity index (χ2n) is 8.46. The van der Waals surface area contributed by atoms with Crippen LogP contribution in [0.15, 0.2) is 0 Å². The summed E-state index contributed by atoms with van der Waals surface area (Å²) in [5, 5.41) is 3.88. The molecular formula is C18H35N. The molecule has 2 atom stereocenters. The molecule has 2 saturated carbocycles. The quantitative estimate of drug-likeness (QED) is 0.756. The first kappa shape index (κ1) is 15.4. The zero-order valence-corrected chi connectivity index (χ0v) is 13.7. The molecule has 0 aliphatic heterocycles. The first-order valence-electron chi connectivity index (χ1n) is 8.68. The van der Waals surface area contributed by atoms with Gasteiger partial charge < -0.3 is 5.32 Å². The molecule has 2 unspecified atom stereocenters. The summed E-state index contributed by atoms with van der Waals surface area (Å²) >= 11 is 0. The summed E-state index contributed by atoms with van der Waals surface area (Å²) < 4.78 is 0. The average Bonchev–Trinajstić information content (AvgIpc) is 2.36. The van der Waals surface area contributed by atoms with Crippen LogP contribution in [0.3, 0.4) is 0 Å². The lowest BCUT2D eigenvalue weighted by Gasteiger charge is -2.38. The predicted octanol–water partition coefficient (Wildman–Crippen LogP) is 5.01. The van der Waals surface area contributed by atoms with Crippen molar-refractivity contribution in [3.63, 3.8) is 0 Å². The maximum atomic E-state index is 3.88. The third-order valence-electron chi connectivity index (χ3n) is 5.69. The molecule has 112 valence electrons. The van der Waals surface area contributed by atoms with Crippen molar-refractivity contribution >= 4 is 0 Å². The molecule has 0 amide bonds. The molecular weight excluding hydrogens is 230 g/mol. The largest absolute Gasteiger partial charge is 0.314 e. The lowest BCUT2D eigenvalue weighted by molar-refractivity contribution is 0.155. The molecule has 19 heavy (non-hydrogen) atoms. The Balaban J connectivity index is 1.66. The summed E-state index contributed by atoms with van der Waals surface area (Å²) in [5.74, 6) is 2.88. The minimum atomic E-state index is 0.518. The predicted molar refractivity (Wildman–Crippen MR) is 84.3 cm³/mol. The van der Waals surface area contributed by atoms with Gasteiger partial charge in [0.05, 0.1) is 0 Å². The lowest BCUT2D eigenvalue weighted by Crippen LogP contribution is -2.39. The van der Waals surface area contributed by atoms with Gasteiger partial charge in [-0.2, -0.15) is 0 Å². The Labute approximate surface area is 120 Å². The van der Waals surface area contributed by atoms with E-state index in [-0.39, 0.29) is 0 Å². The minimum Gasteiger partial charge on any atom is -0.314 e. The number of hydrogen-bond acceptors (Lipinski definition) is 1. The summed E-state index contributed by atoms with van der Waals surface area (Å²) in [6.45, 7) is 11.0. The van der Waals surface area contributed by atoms with Gasteiger partial charge in [-0.05, 0) is 68.2 Å². The van der Waals surface area contributed by atoms with Gasteiger partial charge in [-0.25, -0.2) is 0 Å². The van der Waals surface area contributed by atoms with Gasteiger partial charge in [-0.3, -0.25) is 0 Å². The third-order valence-corrected chi connectivity index (χ3v) is 5.69. The Morgan fingerprint density at radius 2 is 1.63 bits per heavy atom. The highest BCUT2D eigenvalue weighted by Gasteiger charge is 2.29. The van der Waals surface area contributed by atoms with E-state index in [1.807, 2.05) is 0 Å². The average molecular weight is 265 g/mol. The van der Waals surface area contributed by atoms with Crippen LogP contribution >= 0.6 is 0 Å². The fraction of sp³-hybridized carbons (Fsp3) is 1.00. The molecule has 2 rings (SSSR count). The molecule has 2 fully saturated rings. The van der Waals surface area contributed by atoms with E-state index in [2.05, 4.69) is 33.0 Å². The van der Waals surface area contributed by atoms with Gasteiger partial charge in [0.25, 0.3) is 0 Å². The van der Waals surface area contributed by atoms with E-state index in [1.165, 1.54) is 57.9 Å². The Morgan fingerprint density at radius 1 is 0.947 bits per heavy atom. The van der Waals surface area contributed by atoms with Crippen LogP contribution in [0.1, 0.15) is 79.1 Å². The Bertz CT molecular complexity index is 257. The van der Waals surface area contributed by atoms with Gasteiger partial charge in [0, 0.05) is 6.04 Å². The molecule has 0 bridgehead atoms. The van der Waals surface area contributed by atoms with E-state index >= 15 is 0 Å². The SMILES string of the molecule is CC1CCCC(CNC2CCC(C(C)(C)C)CC2)C1. The van der Waals surface area contributed by atoms with Crippen LogP contribution in [-0.2, 0) is 0 Å². The van der Waals surface area contributed by atoms with Crippen molar-refractivity contribution in [3.05, 3.63) is 0 Å². The molecule has 0 heterocycles. The van der Waals surface area contributed by atoms with Crippen molar-refractivity contribution in [2.24, 2.45) is 23.2 Å². The molecule has 0 spiro atoms. The van der Waals surface area contributed by atoms with Gasteiger partial charge in [-0.15, -0.1) is 0 Å². The van der Waals surface area contributed by atoms with Crippen LogP contribution in [0, 0.1) is 23.2 Å². The molecule has 0 aromatic heterocycles. The number of rotatable bonds is 3. The molecule has 1 nitrogen and oxygen atoms in total.